The van der Waals surface area contributed by atoms with Crippen LogP contribution in [-0.2, 0) is 0 Å². The first-order valence-corrected chi connectivity index (χ1v) is 8.31. The van der Waals surface area contributed by atoms with Gasteiger partial charge in [0.25, 0.3) is 5.91 Å². The summed E-state index contributed by atoms with van der Waals surface area (Å²) < 4.78 is 5.21. The van der Waals surface area contributed by atoms with Crippen molar-refractivity contribution in [1.29, 1.82) is 0 Å². The normalized spacial score (nSPS) is 10.3. The molecular weight excluding hydrogens is 326 g/mol. The molecule has 0 aliphatic rings. The van der Waals surface area contributed by atoms with Crippen LogP contribution >= 0.6 is 0 Å². The number of methoxy groups -OCH3 is 1. The second-order valence-electron chi connectivity index (χ2n) is 6.06. The molecule has 0 fully saturated rings. The summed E-state index contributed by atoms with van der Waals surface area (Å²) in [7, 11) is 1.63. The highest BCUT2D eigenvalue weighted by atomic mass is 16.5. The minimum atomic E-state index is -0.230. The molecule has 0 radical (unpaired) electrons. The van der Waals surface area contributed by atoms with Crippen molar-refractivity contribution in [2.45, 2.75) is 13.8 Å². The molecule has 0 unspecified atom stereocenters. The zero-order chi connectivity index (χ0) is 18.5. The van der Waals surface area contributed by atoms with Crippen LogP contribution in [0.5, 0.6) is 5.75 Å². The largest absolute Gasteiger partial charge is 0.497 e. The fraction of sp³-hybridized carbons (Fsp3) is 0.143. The molecule has 26 heavy (non-hydrogen) atoms. The van der Waals surface area contributed by atoms with Crippen LogP contribution < -0.4 is 15.4 Å². The van der Waals surface area contributed by atoms with E-state index in [0.717, 1.165) is 33.9 Å². The summed E-state index contributed by atoms with van der Waals surface area (Å²) in [6.07, 6.45) is 1.64. The molecule has 0 spiro atoms. The quantitative estimate of drug-likeness (QED) is 0.702. The van der Waals surface area contributed by atoms with Crippen LogP contribution in [-0.4, -0.2) is 18.0 Å². The van der Waals surface area contributed by atoms with Gasteiger partial charge in [-0.25, -0.2) is 4.98 Å². The maximum absolute atomic E-state index is 12.4. The zero-order valence-corrected chi connectivity index (χ0v) is 15.0. The third-order valence-corrected chi connectivity index (χ3v) is 4.00. The molecule has 1 heterocycles. The van der Waals surface area contributed by atoms with Crippen LogP contribution in [0.1, 0.15) is 21.6 Å². The Kier molecular flexibility index (Phi) is 5.17. The topological polar surface area (TPSA) is 63.2 Å². The number of aromatic nitrogens is 1. The first-order valence-electron chi connectivity index (χ1n) is 8.31. The monoisotopic (exact) mass is 347 g/mol. The summed E-state index contributed by atoms with van der Waals surface area (Å²) in [5.41, 5.74) is 4.95. The Morgan fingerprint density at radius 2 is 1.85 bits per heavy atom. The van der Waals surface area contributed by atoms with E-state index in [9.17, 15) is 4.79 Å². The highest BCUT2D eigenvalue weighted by Crippen LogP contribution is 2.21. The van der Waals surface area contributed by atoms with Crippen LogP contribution in [0.4, 0.5) is 17.1 Å². The van der Waals surface area contributed by atoms with Gasteiger partial charge in [-0.3, -0.25) is 4.79 Å². The molecule has 0 aliphatic heterocycles. The maximum Gasteiger partial charge on any atom is 0.274 e. The molecule has 0 bridgehead atoms. The SMILES string of the molecule is COc1cccc(Nc2ccc(C(=O)Nc3cc(C)ccc3C)nc2)c1. The Bertz CT molecular complexity index is 921. The van der Waals surface area contributed by atoms with Crippen molar-refractivity contribution in [1.82, 2.24) is 4.98 Å². The molecule has 3 aromatic rings. The number of pyridine rings is 1. The highest BCUT2D eigenvalue weighted by Gasteiger charge is 2.09. The fourth-order valence-electron chi connectivity index (χ4n) is 2.53. The Morgan fingerprint density at radius 1 is 1.00 bits per heavy atom. The van der Waals surface area contributed by atoms with Gasteiger partial charge in [-0.05, 0) is 55.3 Å². The van der Waals surface area contributed by atoms with Gasteiger partial charge in [0.05, 0.1) is 19.0 Å². The average molecular weight is 347 g/mol. The number of hydrogen-bond donors (Lipinski definition) is 2. The van der Waals surface area contributed by atoms with E-state index in [1.54, 1.807) is 19.4 Å². The number of ether oxygens (including phenoxy) is 1. The van der Waals surface area contributed by atoms with E-state index in [-0.39, 0.29) is 5.91 Å². The summed E-state index contributed by atoms with van der Waals surface area (Å²) in [5.74, 6) is 0.541. The Morgan fingerprint density at radius 3 is 2.58 bits per heavy atom. The number of nitrogens with zero attached hydrogens (tertiary/aromatic N) is 1. The number of nitrogens with one attached hydrogen (secondary N) is 2. The molecule has 0 aliphatic carbocycles. The van der Waals surface area contributed by atoms with E-state index >= 15 is 0 Å². The minimum absolute atomic E-state index is 0.230. The predicted octanol–water partition coefficient (Wildman–Crippen LogP) is 4.70. The smallest absolute Gasteiger partial charge is 0.274 e. The van der Waals surface area contributed by atoms with Gasteiger partial charge in [0, 0.05) is 17.4 Å². The molecule has 0 atom stereocenters. The van der Waals surface area contributed by atoms with Crippen LogP contribution in [0.15, 0.2) is 60.8 Å². The van der Waals surface area contributed by atoms with Crippen molar-refractivity contribution >= 4 is 23.0 Å². The number of carbonyl (C=O) groups excluding carboxylic acids is 1. The van der Waals surface area contributed by atoms with Crippen molar-refractivity contribution in [3.63, 3.8) is 0 Å². The van der Waals surface area contributed by atoms with Gasteiger partial charge in [0.2, 0.25) is 0 Å². The van der Waals surface area contributed by atoms with Gasteiger partial charge in [-0.2, -0.15) is 0 Å². The van der Waals surface area contributed by atoms with E-state index < -0.39 is 0 Å². The first kappa shape index (κ1) is 17.5. The lowest BCUT2D eigenvalue weighted by Crippen LogP contribution is -2.14. The molecule has 1 amide bonds. The Labute approximate surface area is 153 Å². The number of rotatable bonds is 5. The minimum Gasteiger partial charge on any atom is -0.497 e. The number of benzene rings is 2. The van der Waals surface area contributed by atoms with E-state index in [1.807, 2.05) is 62.4 Å². The van der Waals surface area contributed by atoms with E-state index in [4.69, 9.17) is 4.74 Å². The molecular formula is C21H21N3O2. The first-order chi connectivity index (χ1) is 12.5. The molecule has 5 nitrogen and oxygen atoms in total. The van der Waals surface area contributed by atoms with Crippen LogP contribution in [0, 0.1) is 13.8 Å². The zero-order valence-electron chi connectivity index (χ0n) is 15.0. The number of amides is 1. The highest BCUT2D eigenvalue weighted by molar-refractivity contribution is 6.03. The predicted molar refractivity (Wildman–Crippen MR) is 104 cm³/mol. The van der Waals surface area contributed by atoms with Crippen LogP contribution in [0.2, 0.25) is 0 Å². The Hall–Kier alpha value is -3.34. The third-order valence-electron chi connectivity index (χ3n) is 4.00. The molecule has 1 aromatic heterocycles. The lowest BCUT2D eigenvalue weighted by Gasteiger charge is -2.10. The molecule has 2 N–H and O–H groups in total. The molecule has 0 saturated carbocycles. The van der Waals surface area contributed by atoms with Crippen molar-refractivity contribution in [2.75, 3.05) is 17.7 Å². The molecule has 0 saturated heterocycles. The number of hydrogen-bond acceptors (Lipinski definition) is 4. The summed E-state index contributed by atoms with van der Waals surface area (Å²) in [6, 6.07) is 17.1. The van der Waals surface area contributed by atoms with Gasteiger partial charge in [0.1, 0.15) is 11.4 Å². The fourth-order valence-corrected chi connectivity index (χ4v) is 2.53. The van der Waals surface area contributed by atoms with Gasteiger partial charge in [0.15, 0.2) is 0 Å². The molecule has 2 aromatic carbocycles. The van der Waals surface area contributed by atoms with Crippen molar-refractivity contribution in [3.05, 3.63) is 77.6 Å². The average Bonchev–Trinajstić information content (AvgIpc) is 2.65. The number of carbonyl (C=O) groups is 1. The van der Waals surface area contributed by atoms with Gasteiger partial charge >= 0.3 is 0 Å². The van der Waals surface area contributed by atoms with E-state index in [0.29, 0.717) is 5.69 Å². The summed E-state index contributed by atoms with van der Waals surface area (Å²) >= 11 is 0. The van der Waals surface area contributed by atoms with Gasteiger partial charge in [-0.15, -0.1) is 0 Å². The van der Waals surface area contributed by atoms with Crippen molar-refractivity contribution in [3.8, 4) is 5.75 Å². The molecule has 132 valence electrons. The van der Waals surface area contributed by atoms with Crippen LogP contribution in [0.3, 0.4) is 0 Å². The number of anilines is 3. The van der Waals surface area contributed by atoms with Crippen molar-refractivity contribution in [2.24, 2.45) is 0 Å². The Balaban J connectivity index is 1.70. The maximum atomic E-state index is 12.4. The summed E-state index contributed by atoms with van der Waals surface area (Å²) in [5, 5.41) is 6.15. The van der Waals surface area contributed by atoms with Crippen LogP contribution in [0.25, 0.3) is 0 Å². The lowest BCUT2D eigenvalue weighted by atomic mass is 10.1. The standard InChI is InChI=1S/C21H21N3O2/c1-14-7-8-15(2)20(11-14)24-21(25)19-10-9-17(13-22-19)23-16-5-4-6-18(12-16)26-3/h4-13,23H,1-3H3,(H,24,25). The van der Waals surface area contributed by atoms with Crippen molar-refractivity contribution < 1.29 is 9.53 Å². The molecule has 5 heteroatoms. The number of aryl methyl sites for hydroxylation is 2. The second kappa shape index (κ2) is 7.70. The molecule has 3 rings (SSSR count). The van der Waals surface area contributed by atoms with E-state index in [2.05, 4.69) is 15.6 Å². The third kappa shape index (κ3) is 4.19. The lowest BCUT2D eigenvalue weighted by molar-refractivity contribution is 0.102. The van der Waals surface area contributed by atoms with Gasteiger partial charge in [-0.1, -0.05) is 18.2 Å². The summed E-state index contributed by atoms with van der Waals surface area (Å²) in [6.45, 7) is 3.95. The second-order valence-corrected chi connectivity index (χ2v) is 6.06. The van der Waals surface area contributed by atoms with E-state index in [1.165, 1.54) is 0 Å². The summed E-state index contributed by atoms with van der Waals surface area (Å²) in [4.78, 5) is 16.7. The van der Waals surface area contributed by atoms with Gasteiger partial charge < -0.3 is 15.4 Å².